The Labute approximate surface area is 94.6 Å². The normalized spacial score (nSPS) is 20.8. The zero-order valence-electron chi connectivity index (χ0n) is 10.8. The van der Waals surface area contributed by atoms with Gasteiger partial charge in [-0.15, -0.1) is 0 Å². The predicted octanol–water partition coefficient (Wildman–Crippen LogP) is 0.916. The van der Waals surface area contributed by atoms with Crippen LogP contribution in [0.2, 0.25) is 0 Å². The minimum Gasteiger partial charge on any atom is -0.315 e. The van der Waals surface area contributed by atoms with Crippen molar-refractivity contribution in [3.8, 4) is 0 Å². The minimum absolute atomic E-state index is 0.214. The quantitative estimate of drug-likeness (QED) is 0.711. The maximum Gasteiger partial charge on any atom is 0.0246 e. The Balaban J connectivity index is 2.10. The van der Waals surface area contributed by atoms with Crippen LogP contribution < -0.4 is 10.6 Å². The number of likely N-dealkylation sites (N-methyl/N-ethyl adjacent to an activating group) is 1. The van der Waals surface area contributed by atoms with Crippen molar-refractivity contribution in [2.24, 2.45) is 5.92 Å². The molecule has 15 heavy (non-hydrogen) atoms. The van der Waals surface area contributed by atoms with Crippen LogP contribution in [0.4, 0.5) is 0 Å². The Bertz CT molecular complexity index is 172. The van der Waals surface area contributed by atoms with Gasteiger partial charge >= 0.3 is 0 Å². The number of likely N-dealkylation sites (tertiary alicyclic amines) is 1. The molecule has 1 saturated heterocycles. The molecule has 1 rings (SSSR count). The van der Waals surface area contributed by atoms with Gasteiger partial charge in [-0.2, -0.15) is 0 Å². The van der Waals surface area contributed by atoms with Gasteiger partial charge in [-0.25, -0.2) is 0 Å². The molecule has 0 aliphatic carbocycles. The summed E-state index contributed by atoms with van der Waals surface area (Å²) in [6, 6.07) is 0. The molecule has 90 valence electrons. The lowest BCUT2D eigenvalue weighted by molar-refractivity contribution is 0.213. The Morgan fingerprint density at radius 2 is 1.87 bits per heavy atom. The van der Waals surface area contributed by atoms with Gasteiger partial charge in [0.15, 0.2) is 0 Å². The molecule has 3 nitrogen and oxygen atoms in total. The van der Waals surface area contributed by atoms with E-state index >= 15 is 0 Å². The first kappa shape index (κ1) is 12.9. The highest BCUT2D eigenvalue weighted by Crippen LogP contribution is 2.14. The summed E-state index contributed by atoms with van der Waals surface area (Å²) in [7, 11) is 4.24. The molecule has 0 aromatic rings. The van der Waals surface area contributed by atoms with Crippen LogP contribution in [0.15, 0.2) is 0 Å². The fourth-order valence-corrected chi connectivity index (χ4v) is 1.94. The number of rotatable bonds is 5. The van der Waals surface area contributed by atoms with Gasteiger partial charge in [0.1, 0.15) is 0 Å². The van der Waals surface area contributed by atoms with Gasteiger partial charge in [0, 0.05) is 12.1 Å². The van der Waals surface area contributed by atoms with Crippen molar-refractivity contribution in [1.29, 1.82) is 0 Å². The summed E-state index contributed by atoms with van der Waals surface area (Å²) in [5.74, 6) is 0.883. The third kappa shape index (κ3) is 4.96. The second-order valence-electron chi connectivity index (χ2n) is 5.51. The number of nitrogens with one attached hydrogen (secondary N) is 2. The summed E-state index contributed by atoms with van der Waals surface area (Å²) in [4.78, 5) is 2.42. The Morgan fingerprint density at radius 3 is 2.40 bits per heavy atom. The molecule has 1 heterocycles. The van der Waals surface area contributed by atoms with Crippen LogP contribution in [-0.2, 0) is 0 Å². The van der Waals surface area contributed by atoms with Crippen molar-refractivity contribution in [2.75, 3.05) is 40.3 Å². The molecular weight excluding hydrogens is 186 g/mol. The van der Waals surface area contributed by atoms with Crippen molar-refractivity contribution < 1.29 is 0 Å². The SMILES string of the molecule is CNC(C)(C)CNCC1CCN(C)CC1. The summed E-state index contributed by atoms with van der Waals surface area (Å²) in [5.41, 5.74) is 0.214. The Hall–Kier alpha value is -0.120. The van der Waals surface area contributed by atoms with Gasteiger partial charge < -0.3 is 15.5 Å². The summed E-state index contributed by atoms with van der Waals surface area (Å²) >= 11 is 0. The van der Waals surface area contributed by atoms with E-state index in [0.29, 0.717) is 0 Å². The third-order valence-electron chi connectivity index (χ3n) is 3.51. The maximum atomic E-state index is 3.58. The molecule has 0 radical (unpaired) electrons. The lowest BCUT2D eigenvalue weighted by atomic mass is 9.96. The van der Waals surface area contributed by atoms with Crippen LogP contribution in [0.25, 0.3) is 0 Å². The maximum absolute atomic E-state index is 3.58. The van der Waals surface area contributed by atoms with Gasteiger partial charge in [-0.3, -0.25) is 0 Å². The van der Waals surface area contributed by atoms with Crippen molar-refractivity contribution in [3.05, 3.63) is 0 Å². The van der Waals surface area contributed by atoms with E-state index in [0.717, 1.165) is 12.5 Å². The van der Waals surface area contributed by atoms with Crippen molar-refractivity contribution in [3.63, 3.8) is 0 Å². The van der Waals surface area contributed by atoms with Gasteiger partial charge in [0.25, 0.3) is 0 Å². The summed E-state index contributed by atoms with van der Waals surface area (Å²) in [6.07, 6.45) is 2.70. The number of nitrogens with zero attached hydrogens (tertiary/aromatic N) is 1. The van der Waals surface area contributed by atoms with Crippen LogP contribution in [0.1, 0.15) is 26.7 Å². The fourth-order valence-electron chi connectivity index (χ4n) is 1.94. The Kier molecular flexibility index (Phi) is 5.03. The van der Waals surface area contributed by atoms with E-state index in [1.807, 2.05) is 7.05 Å². The summed E-state index contributed by atoms with van der Waals surface area (Å²) in [5, 5.41) is 6.90. The molecule has 0 saturated carbocycles. The van der Waals surface area contributed by atoms with Gasteiger partial charge in [0.05, 0.1) is 0 Å². The van der Waals surface area contributed by atoms with E-state index in [9.17, 15) is 0 Å². The van der Waals surface area contributed by atoms with E-state index < -0.39 is 0 Å². The molecule has 0 amide bonds. The minimum atomic E-state index is 0.214. The van der Waals surface area contributed by atoms with Crippen molar-refractivity contribution >= 4 is 0 Å². The molecule has 3 heteroatoms. The molecule has 0 spiro atoms. The standard InChI is InChI=1S/C12H27N3/c1-12(2,13-3)10-14-9-11-5-7-15(4)8-6-11/h11,13-14H,5-10H2,1-4H3. The second-order valence-corrected chi connectivity index (χ2v) is 5.51. The first-order valence-electron chi connectivity index (χ1n) is 6.12. The van der Waals surface area contributed by atoms with Crippen LogP contribution >= 0.6 is 0 Å². The highest BCUT2D eigenvalue weighted by molar-refractivity contribution is 4.79. The molecule has 0 unspecified atom stereocenters. The molecule has 1 aliphatic rings. The largest absolute Gasteiger partial charge is 0.315 e. The van der Waals surface area contributed by atoms with Crippen LogP contribution in [0.3, 0.4) is 0 Å². The first-order chi connectivity index (χ1) is 7.03. The number of piperidine rings is 1. The highest BCUT2D eigenvalue weighted by Gasteiger charge is 2.18. The summed E-state index contributed by atoms with van der Waals surface area (Å²) < 4.78 is 0. The molecule has 2 N–H and O–H groups in total. The topological polar surface area (TPSA) is 27.3 Å². The van der Waals surface area contributed by atoms with E-state index in [2.05, 4.69) is 36.4 Å². The predicted molar refractivity (Wildman–Crippen MR) is 66.2 cm³/mol. The average Bonchev–Trinajstić information content (AvgIpc) is 2.21. The molecule has 0 atom stereocenters. The fraction of sp³-hybridized carbons (Fsp3) is 1.00. The van der Waals surface area contributed by atoms with Crippen molar-refractivity contribution in [1.82, 2.24) is 15.5 Å². The molecule has 0 aromatic carbocycles. The van der Waals surface area contributed by atoms with Crippen LogP contribution in [-0.4, -0.2) is 50.7 Å². The molecule has 1 aliphatic heterocycles. The van der Waals surface area contributed by atoms with Gasteiger partial charge in [-0.05, 0) is 66.3 Å². The highest BCUT2D eigenvalue weighted by atomic mass is 15.1. The van der Waals surface area contributed by atoms with Crippen LogP contribution in [0.5, 0.6) is 0 Å². The molecule has 0 aromatic heterocycles. The lowest BCUT2D eigenvalue weighted by Gasteiger charge is -2.30. The molecule has 0 bridgehead atoms. The first-order valence-corrected chi connectivity index (χ1v) is 6.12. The monoisotopic (exact) mass is 213 g/mol. The Morgan fingerprint density at radius 1 is 1.27 bits per heavy atom. The van der Waals surface area contributed by atoms with E-state index in [1.54, 1.807) is 0 Å². The lowest BCUT2D eigenvalue weighted by Crippen LogP contribution is -2.47. The molecule has 1 fully saturated rings. The van der Waals surface area contributed by atoms with Gasteiger partial charge in [-0.1, -0.05) is 0 Å². The van der Waals surface area contributed by atoms with Crippen molar-refractivity contribution in [2.45, 2.75) is 32.2 Å². The molecular formula is C12H27N3. The van der Waals surface area contributed by atoms with E-state index in [1.165, 1.54) is 32.5 Å². The second kappa shape index (κ2) is 5.83. The van der Waals surface area contributed by atoms with Crippen LogP contribution in [0, 0.1) is 5.92 Å². The number of hydrogen-bond acceptors (Lipinski definition) is 3. The van der Waals surface area contributed by atoms with E-state index in [4.69, 9.17) is 0 Å². The zero-order valence-corrected chi connectivity index (χ0v) is 10.8. The summed E-state index contributed by atoms with van der Waals surface area (Å²) in [6.45, 7) is 9.22. The number of hydrogen-bond donors (Lipinski definition) is 2. The zero-order chi connectivity index (χ0) is 11.3. The average molecular weight is 213 g/mol. The third-order valence-corrected chi connectivity index (χ3v) is 3.51. The van der Waals surface area contributed by atoms with Gasteiger partial charge in [0.2, 0.25) is 0 Å². The van der Waals surface area contributed by atoms with E-state index in [-0.39, 0.29) is 5.54 Å². The smallest absolute Gasteiger partial charge is 0.0246 e.